The molecule has 1 amide bonds. The van der Waals surface area contributed by atoms with Crippen LogP contribution in [0.3, 0.4) is 0 Å². The third-order valence-corrected chi connectivity index (χ3v) is 7.28. The molecule has 2 atom stereocenters. The van der Waals surface area contributed by atoms with Gasteiger partial charge in [0.25, 0.3) is 0 Å². The van der Waals surface area contributed by atoms with Crippen LogP contribution in [0.4, 0.5) is 5.69 Å². The average Bonchev–Trinajstić information content (AvgIpc) is 2.89. The fraction of sp³-hybridized carbons (Fsp3) is 0.333. The van der Waals surface area contributed by atoms with Gasteiger partial charge in [-0.2, -0.15) is 5.26 Å². The van der Waals surface area contributed by atoms with E-state index < -0.39 is 0 Å². The topological polar surface area (TPSA) is 44.1 Å². The van der Waals surface area contributed by atoms with Gasteiger partial charge < -0.3 is 4.90 Å². The van der Waals surface area contributed by atoms with E-state index in [2.05, 4.69) is 19.1 Å². The molecule has 0 spiro atoms. The standard InChI is InChI=1S/C30H31ClN2O/c1-22(33(28-13-6-3-7-14-28)30(34)25-10-4-2-5-11-25)29(20-23-15-17-27(31)18-16-23)26-12-8-9-24(19-26)21-32/h3,6-9,12-19,22,25,29H,2,4-5,10-11,20H2,1H3. The number of carbonyl (C=O) groups excluding carboxylic acids is 1. The van der Waals surface area contributed by atoms with Crippen LogP contribution in [0.25, 0.3) is 0 Å². The van der Waals surface area contributed by atoms with E-state index in [1.165, 1.54) is 6.42 Å². The Labute approximate surface area is 208 Å². The zero-order chi connectivity index (χ0) is 23.9. The summed E-state index contributed by atoms with van der Waals surface area (Å²) in [4.78, 5) is 16.0. The summed E-state index contributed by atoms with van der Waals surface area (Å²) in [7, 11) is 0. The van der Waals surface area contributed by atoms with Crippen molar-refractivity contribution in [2.45, 2.75) is 57.4 Å². The number of halogens is 1. The minimum Gasteiger partial charge on any atom is -0.309 e. The number of para-hydroxylation sites is 1. The van der Waals surface area contributed by atoms with Crippen molar-refractivity contribution >= 4 is 23.2 Å². The van der Waals surface area contributed by atoms with Crippen LogP contribution in [0, 0.1) is 17.2 Å². The Morgan fingerprint density at radius 2 is 1.71 bits per heavy atom. The summed E-state index contributed by atoms with van der Waals surface area (Å²) in [6.45, 7) is 2.15. The van der Waals surface area contributed by atoms with E-state index >= 15 is 0 Å². The van der Waals surface area contributed by atoms with Crippen LogP contribution in [0.15, 0.2) is 78.9 Å². The SMILES string of the molecule is CC(C(Cc1ccc(Cl)cc1)c1cccc(C#N)c1)N(C(=O)C1CCCCC1)c1ccccc1. The first-order valence-electron chi connectivity index (χ1n) is 12.2. The Morgan fingerprint density at radius 3 is 2.38 bits per heavy atom. The fourth-order valence-electron chi connectivity index (χ4n) is 5.16. The Hall–Kier alpha value is -3.09. The Kier molecular flexibility index (Phi) is 8.03. The molecule has 1 aliphatic rings. The molecule has 0 aliphatic heterocycles. The first-order valence-corrected chi connectivity index (χ1v) is 12.6. The van der Waals surface area contributed by atoms with E-state index in [9.17, 15) is 10.1 Å². The number of amides is 1. The predicted molar refractivity (Wildman–Crippen MR) is 139 cm³/mol. The molecule has 1 aliphatic carbocycles. The van der Waals surface area contributed by atoms with E-state index in [1.54, 1.807) is 0 Å². The molecule has 3 aromatic carbocycles. The van der Waals surface area contributed by atoms with Gasteiger partial charge in [-0.25, -0.2) is 0 Å². The van der Waals surface area contributed by atoms with Crippen molar-refractivity contribution in [2.75, 3.05) is 4.90 Å². The van der Waals surface area contributed by atoms with Gasteiger partial charge in [0.1, 0.15) is 0 Å². The van der Waals surface area contributed by atoms with Gasteiger partial charge in [-0.3, -0.25) is 4.79 Å². The first kappa shape index (κ1) is 24.0. The summed E-state index contributed by atoms with van der Waals surface area (Å²) < 4.78 is 0. The van der Waals surface area contributed by atoms with Gasteiger partial charge in [0.2, 0.25) is 5.91 Å². The van der Waals surface area contributed by atoms with E-state index in [4.69, 9.17) is 11.6 Å². The molecule has 1 saturated carbocycles. The summed E-state index contributed by atoms with van der Waals surface area (Å²) >= 11 is 6.14. The molecular weight excluding hydrogens is 440 g/mol. The monoisotopic (exact) mass is 470 g/mol. The third-order valence-electron chi connectivity index (χ3n) is 7.03. The Bertz CT molecular complexity index is 1130. The maximum atomic E-state index is 14.0. The molecule has 4 rings (SSSR count). The van der Waals surface area contributed by atoms with Crippen molar-refractivity contribution in [1.82, 2.24) is 0 Å². The van der Waals surface area contributed by atoms with Crippen molar-refractivity contribution in [2.24, 2.45) is 5.92 Å². The summed E-state index contributed by atoms with van der Waals surface area (Å²) in [5.41, 5.74) is 3.79. The Balaban J connectivity index is 1.75. The van der Waals surface area contributed by atoms with Crippen molar-refractivity contribution in [3.8, 4) is 6.07 Å². The second-order valence-corrected chi connectivity index (χ2v) is 9.73. The smallest absolute Gasteiger partial charge is 0.230 e. The first-order chi connectivity index (χ1) is 16.6. The molecule has 0 aromatic heterocycles. The molecule has 0 saturated heterocycles. The molecular formula is C30H31ClN2O. The highest BCUT2D eigenvalue weighted by Gasteiger charge is 2.34. The molecule has 1 fully saturated rings. The van der Waals surface area contributed by atoms with Crippen LogP contribution in [0.5, 0.6) is 0 Å². The van der Waals surface area contributed by atoms with Crippen molar-refractivity contribution < 1.29 is 4.79 Å². The highest BCUT2D eigenvalue weighted by molar-refractivity contribution is 6.30. The largest absolute Gasteiger partial charge is 0.309 e. The van der Waals surface area contributed by atoms with Crippen molar-refractivity contribution in [3.05, 3.63) is 101 Å². The van der Waals surface area contributed by atoms with E-state index in [0.717, 1.165) is 48.9 Å². The molecule has 0 radical (unpaired) electrons. The lowest BCUT2D eigenvalue weighted by Gasteiger charge is -2.38. The van der Waals surface area contributed by atoms with Gasteiger partial charge in [-0.15, -0.1) is 0 Å². The molecule has 0 N–H and O–H groups in total. The highest BCUT2D eigenvalue weighted by Crippen LogP contribution is 2.35. The van der Waals surface area contributed by atoms with Gasteiger partial charge in [0, 0.05) is 28.6 Å². The maximum Gasteiger partial charge on any atom is 0.230 e. The number of rotatable bonds is 7. The van der Waals surface area contributed by atoms with Gasteiger partial charge in [-0.1, -0.05) is 73.3 Å². The molecule has 0 bridgehead atoms. The van der Waals surface area contributed by atoms with Crippen molar-refractivity contribution in [3.63, 3.8) is 0 Å². The summed E-state index contributed by atoms with van der Waals surface area (Å²) in [6.07, 6.45) is 6.11. The second kappa shape index (κ2) is 11.4. The third kappa shape index (κ3) is 5.69. The van der Waals surface area contributed by atoms with Crippen LogP contribution in [0.1, 0.15) is 61.6 Å². The van der Waals surface area contributed by atoms with Crippen LogP contribution in [-0.4, -0.2) is 11.9 Å². The lowest BCUT2D eigenvalue weighted by Crippen LogP contribution is -2.46. The van der Waals surface area contributed by atoms with E-state index in [-0.39, 0.29) is 23.8 Å². The van der Waals surface area contributed by atoms with Crippen LogP contribution >= 0.6 is 11.6 Å². The molecule has 3 nitrogen and oxygen atoms in total. The van der Waals surface area contributed by atoms with E-state index in [1.807, 2.05) is 77.7 Å². The zero-order valence-electron chi connectivity index (χ0n) is 19.7. The molecule has 4 heteroatoms. The fourth-order valence-corrected chi connectivity index (χ4v) is 5.28. The summed E-state index contributed by atoms with van der Waals surface area (Å²) in [6, 6.07) is 27.9. The van der Waals surface area contributed by atoms with Gasteiger partial charge in [0.15, 0.2) is 0 Å². The molecule has 3 aromatic rings. The number of anilines is 1. The number of nitriles is 1. The van der Waals surface area contributed by atoms with Crippen LogP contribution in [-0.2, 0) is 11.2 Å². The number of benzene rings is 3. The number of nitrogens with zero attached hydrogens (tertiary/aromatic N) is 2. The Morgan fingerprint density at radius 1 is 1.00 bits per heavy atom. The van der Waals surface area contributed by atoms with Gasteiger partial charge in [0.05, 0.1) is 11.6 Å². The van der Waals surface area contributed by atoms with Gasteiger partial charge in [-0.05, 0) is 73.7 Å². The minimum atomic E-state index is -0.0959. The molecule has 2 unspecified atom stereocenters. The average molecular weight is 471 g/mol. The number of carbonyl (C=O) groups is 1. The normalized spacial score (nSPS) is 15.8. The molecule has 174 valence electrons. The highest BCUT2D eigenvalue weighted by atomic mass is 35.5. The van der Waals surface area contributed by atoms with Gasteiger partial charge >= 0.3 is 0 Å². The number of hydrogen-bond donors (Lipinski definition) is 0. The van der Waals surface area contributed by atoms with Crippen LogP contribution in [0.2, 0.25) is 5.02 Å². The summed E-state index contributed by atoms with van der Waals surface area (Å²) in [5, 5.41) is 10.2. The second-order valence-electron chi connectivity index (χ2n) is 9.29. The zero-order valence-corrected chi connectivity index (χ0v) is 20.4. The lowest BCUT2D eigenvalue weighted by atomic mass is 9.83. The predicted octanol–water partition coefficient (Wildman–Crippen LogP) is 7.54. The quantitative estimate of drug-likeness (QED) is 0.358. The number of hydrogen-bond acceptors (Lipinski definition) is 2. The van der Waals surface area contributed by atoms with E-state index in [0.29, 0.717) is 10.6 Å². The van der Waals surface area contributed by atoms with Crippen LogP contribution < -0.4 is 4.90 Å². The lowest BCUT2D eigenvalue weighted by molar-refractivity contribution is -0.123. The molecule has 34 heavy (non-hydrogen) atoms. The minimum absolute atomic E-state index is 0.0159. The molecule has 0 heterocycles. The van der Waals surface area contributed by atoms with Crippen molar-refractivity contribution in [1.29, 1.82) is 5.26 Å². The maximum absolute atomic E-state index is 14.0. The summed E-state index contributed by atoms with van der Waals surface area (Å²) in [5.74, 6) is 0.302.